The van der Waals surface area contributed by atoms with Crippen molar-refractivity contribution in [1.29, 1.82) is 0 Å². The predicted octanol–water partition coefficient (Wildman–Crippen LogP) is 0.403. The Labute approximate surface area is 117 Å². The molecule has 1 saturated heterocycles. The van der Waals surface area contributed by atoms with Crippen LogP contribution in [-0.2, 0) is 9.84 Å². The summed E-state index contributed by atoms with van der Waals surface area (Å²) in [6.45, 7) is 0.291. The topological polar surface area (TPSA) is 95.7 Å². The number of methoxy groups -OCH3 is 1. The van der Waals surface area contributed by atoms with Gasteiger partial charge in [0, 0.05) is 12.0 Å². The van der Waals surface area contributed by atoms with E-state index in [4.69, 9.17) is 15.2 Å². The molecule has 1 aliphatic rings. The summed E-state index contributed by atoms with van der Waals surface area (Å²) in [4.78, 5) is 11.7. The molecule has 1 aromatic rings. The molecule has 1 aliphatic heterocycles. The first-order chi connectivity index (χ1) is 9.45. The Balaban J connectivity index is 2.12. The normalized spacial score (nSPS) is 17.3. The van der Waals surface area contributed by atoms with Crippen molar-refractivity contribution in [3.05, 3.63) is 23.8 Å². The maximum absolute atomic E-state index is 11.7. The van der Waals surface area contributed by atoms with E-state index in [1.54, 1.807) is 18.2 Å². The van der Waals surface area contributed by atoms with E-state index in [-0.39, 0.29) is 29.8 Å². The van der Waals surface area contributed by atoms with Crippen LogP contribution in [0.25, 0.3) is 0 Å². The molecule has 0 spiro atoms. The van der Waals surface area contributed by atoms with Gasteiger partial charge in [0.15, 0.2) is 27.1 Å². The highest BCUT2D eigenvalue weighted by Gasteiger charge is 2.35. The van der Waals surface area contributed by atoms with Crippen molar-refractivity contribution >= 4 is 15.6 Å². The second-order valence-electron chi connectivity index (χ2n) is 4.64. The summed E-state index contributed by atoms with van der Waals surface area (Å²) in [6.07, 6.45) is -0.0796. The number of Topliss-reactive ketones (excluding diaryl/α,β-unsaturated/α-hetero) is 1. The number of hydrogen-bond donors (Lipinski definition) is 1. The molecule has 0 radical (unpaired) electrons. The van der Waals surface area contributed by atoms with Gasteiger partial charge in [-0.25, -0.2) is 8.42 Å². The van der Waals surface area contributed by atoms with Crippen LogP contribution in [-0.4, -0.2) is 45.5 Å². The molecule has 0 aromatic heterocycles. The number of rotatable bonds is 6. The van der Waals surface area contributed by atoms with E-state index in [1.165, 1.54) is 7.11 Å². The van der Waals surface area contributed by atoms with Crippen molar-refractivity contribution in [2.75, 3.05) is 25.2 Å². The van der Waals surface area contributed by atoms with Crippen LogP contribution < -0.4 is 15.2 Å². The van der Waals surface area contributed by atoms with Crippen LogP contribution in [0.15, 0.2) is 18.2 Å². The van der Waals surface area contributed by atoms with Gasteiger partial charge in [0.1, 0.15) is 6.10 Å². The number of nitrogens with two attached hydrogens (primary N) is 1. The van der Waals surface area contributed by atoms with Gasteiger partial charge in [0.05, 0.1) is 18.6 Å². The maximum Gasteiger partial charge on any atom is 0.164 e. The molecule has 7 heteroatoms. The average Bonchev–Trinajstić information content (AvgIpc) is 2.37. The Morgan fingerprint density at radius 3 is 2.60 bits per heavy atom. The second kappa shape index (κ2) is 5.80. The molecule has 6 nitrogen and oxygen atoms in total. The molecule has 0 saturated carbocycles. The third kappa shape index (κ3) is 3.29. The number of ether oxygens (including phenoxy) is 2. The highest BCUT2D eigenvalue weighted by Crippen LogP contribution is 2.31. The zero-order valence-electron chi connectivity index (χ0n) is 11.2. The van der Waals surface area contributed by atoms with Gasteiger partial charge in [-0.15, -0.1) is 0 Å². The van der Waals surface area contributed by atoms with Gasteiger partial charge in [0.25, 0.3) is 0 Å². The molecule has 1 aromatic carbocycles. The van der Waals surface area contributed by atoms with Gasteiger partial charge >= 0.3 is 0 Å². The zero-order chi connectivity index (χ0) is 14.8. The van der Waals surface area contributed by atoms with Crippen molar-refractivity contribution in [2.45, 2.75) is 12.5 Å². The molecule has 2 rings (SSSR count). The first-order valence-corrected chi connectivity index (χ1v) is 8.05. The van der Waals surface area contributed by atoms with E-state index >= 15 is 0 Å². The van der Waals surface area contributed by atoms with E-state index < -0.39 is 9.84 Å². The summed E-state index contributed by atoms with van der Waals surface area (Å²) >= 11 is 0. The van der Waals surface area contributed by atoms with Crippen molar-refractivity contribution in [3.8, 4) is 11.5 Å². The summed E-state index contributed by atoms with van der Waals surface area (Å²) in [5, 5.41) is 0. The average molecular weight is 299 g/mol. The number of carbonyl (C=O) groups excluding carboxylic acids is 1. The van der Waals surface area contributed by atoms with E-state index in [9.17, 15) is 13.2 Å². The molecule has 2 N–H and O–H groups in total. The SMILES string of the molecule is COc1cc(C(=O)CCN)ccc1OC1CS(=O)(=O)C1. The first-order valence-electron chi connectivity index (χ1n) is 6.23. The summed E-state index contributed by atoms with van der Waals surface area (Å²) in [7, 11) is -1.46. The number of ketones is 1. The van der Waals surface area contributed by atoms with Gasteiger partial charge in [0.2, 0.25) is 0 Å². The van der Waals surface area contributed by atoms with E-state index in [0.29, 0.717) is 23.6 Å². The van der Waals surface area contributed by atoms with Crippen molar-refractivity contribution < 1.29 is 22.7 Å². The molecule has 20 heavy (non-hydrogen) atoms. The molecular weight excluding hydrogens is 282 g/mol. The molecule has 0 bridgehead atoms. The lowest BCUT2D eigenvalue weighted by Crippen LogP contribution is -2.45. The van der Waals surface area contributed by atoms with E-state index in [0.717, 1.165) is 0 Å². The fourth-order valence-corrected chi connectivity index (χ4v) is 3.15. The third-order valence-corrected chi connectivity index (χ3v) is 4.79. The Morgan fingerprint density at radius 2 is 2.05 bits per heavy atom. The highest BCUT2D eigenvalue weighted by molar-refractivity contribution is 7.92. The van der Waals surface area contributed by atoms with Gasteiger partial charge in [-0.05, 0) is 24.7 Å². The quantitative estimate of drug-likeness (QED) is 0.764. The molecule has 1 fully saturated rings. The number of sulfone groups is 1. The second-order valence-corrected chi connectivity index (χ2v) is 6.80. The number of benzene rings is 1. The highest BCUT2D eigenvalue weighted by atomic mass is 32.2. The molecule has 110 valence electrons. The molecule has 0 atom stereocenters. The fraction of sp³-hybridized carbons (Fsp3) is 0.462. The Hall–Kier alpha value is -1.60. The van der Waals surface area contributed by atoms with Crippen LogP contribution in [0.5, 0.6) is 11.5 Å². The zero-order valence-corrected chi connectivity index (χ0v) is 12.0. The largest absolute Gasteiger partial charge is 0.493 e. The van der Waals surface area contributed by atoms with Crippen molar-refractivity contribution in [3.63, 3.8) is 0 Å². The van der Waals surface area contributed by atoms with Crippen LogP contribution in [0.2, 0.25) is 0 Å². The van der Waals surface area contributed by atoms with Crippen molar-refractivity contribution in [1.82, 2.24) is 0 Å². The van der Waals surface area contributed by atoms with E-state index in [1.807, 2.05) is 0 Å². The summed E-state index contributed by atoms with van der Waals surface area (Å²) in [6, 6.07) is 4.83. The van der Waals surface area contributed by atoms with Crippen molar-refractivity contribution in [2.24, 2.45) is 5.73 Å². The third-order valence-electron chi connectivity index (χ3n) is 3.03. The monoisotopic (exact) mass is 299 g/mol. The van der Waals surface area contributed by atoms with Gasteiger partial charge in [-0.3, -0.25) is 4.79 Å². The standard InChI is InChI=1S/C13H17NO5S/c1-18-13-6-9(11(15)4-5-14)2-3-12(13)19-10-7-20(16,17)8-10/h2-3,6,10H,4-5,7-8,14H2,1H3. The summed E-state index contributed by atoms with van der Waals surface area (Å²) in [5.74, 6) is 0.825. The van der Waals surface area contributed by atoms with Gasteiger partial charge in [-0.2, -0.15) is 0 Å². The lowest BCUT2D eigenvalue weighted by molar-refractivity contribution is 0.0985. The number of hydrogen-bond acceptors (Lipinski definition) is 6. The smallest absolute Gasteiger partial charge is 0.164 e. The predicted molar refractivity (Wildman–Crippen MR) is 74.1 cm³/mol. The van der Waals surface area contributed by atoms with Gasteiger partial charge < -0.3 is 15.2 Å². The molecule has 0 unspecified atom stereocenters. The van der Waals surface area contributed by atoms with Crippen LogP contribution in [0.4, 0.5) is 0 Å². The maximum atomic E-state index is 11.7. The minimum Gasteiger partial charge on any atom is -0.493 e. The van der Waals surface area contributed by atoms with Crippen LogP contribution in [0, 0.1) is 0 Å². The molecule has 1 heterocycles. The Kier molecular flexibility index (Phi) is 4.29. The lowest BCUT2D eigenvalue weighted by Gasteiger charge is -2.27. The summed E-state index contributed by atoms with van der Waals surface area (Å²) in [5.41, 5.74) is 5.85. The minimum atomic E-state index is -2.93. The summed E-state index contributed by atoms with van der Waals surface area (Å²) < 4.78 is 32.9. The Morgan fingerprint density at radius 1 is 1.35 bits per heavy atom. The minimum absolute atomic E-state index is 0.0179. The lowest BCUT2D eigenvalue weighted by atomic mass is 10.1. The van der Waals surface area contributed by atoms with E-state index in [2.05, 4.69) is 0 Å². The van der Waals surface area contributed by atoms with Crippen LogP contribution >= 0.6 is 0 Å². The van der Waals surface area contributed by atoms with Crippen LogP contribution in [0.1, 0.15) is 16.8 Å². The first kappa shape index (κ1) is 14.8. The van der Waals surface area contributed by atoms with Gasteiger partial charge in [-0.1, -0.05) is 0 Å². The molecular formula is C13H17NO5S. The fourth-order valence-electron chi connectivity index (χ4n) is 1.98. The Bertz CT molecular complexity index is 599. The molecule has 0 amide bonds. The van der Waals surface area contributed by atoms with Crippen LogP contribution in [0.3, 0.4) is 0 Å². The molecule has 0 aliphatic carbocycles. The number of carbonyl (C=O) groups is 1.